The summed E-state index contributed by atoms with van der Waals surface area (Å²) in [5, 5.41) is 5.39. The lowest BCUT2D eigenvalue weighted by molar-refractivity contribution is -0.113. The summed E-state index contributed by atoms with van der Waals surface area (Å²) in [4.78, 5) is 0. The summed E-state index contributed by atoms with van der Waals surface area (Å²) < 4.78 is 0. The van der Waals surface area contributed by atoms with Crippen molar-refractivity contribution in [3.05, 3.63) is 11.6 Å². The van der Waals surface area contributed by atoms with Crippen LogP contribution in [0.25, 0.3) is 0 Å². The lowest BCUT2D eigenvalue weighted by atomic mass is 10.2. The lowest BCUT2D eigenvalue weighted by Gasteiger charge is -1.83. The molecular formula is C6H12N+. The number of hydrogen-bond acceptors (Lipinski definition) is 0. The van der Waals surface area contributed by atoms with Crippen LogP contribution in [0.5, 0.6) is 0 Å². The van der Waals surface area contributed by atoms with E-state index in [2.05, 4.69) is 0 Å². The normalized spacial score (nSPS) is 11.6. The van der Waals surface area contributed by atoms with E-state index in [9.17, 15) is 0 Å². The van der Waals surface area contributed by atoms with Crippen LogP contribution in [-0.4, -0.2) is 5.71 Å². The molecule has 0 spiro atoms. The SMILES string of the molecule is C/C=C(\C)C(C)=[NH2+]. The highest BCUT2D eigenvalue weighted by molar-refractivity contribution is 5.92. The Morgan fingerprint density at radius 3 is 1.86 bits per heavy atom. The molecule has 7 heavy (non-hydrogen) atoms. The Kier molecular flexibility index (Phi) is 2.34. The predicted octanol–water partition coefficient (Wildman–Crippen LogP) is 0.173. The fourth-order valence-corrected chi connectivity index (χ4v) is 0.228. The van der Waals surface area contributed by atoms with E-state index in [4.69, 9.17) is 5.41 Å². The first-order valence-corrected chi connectivity index (χ1v) is 2.40. The van der Waals surface area contributed by atoms with E-state index >= 15 is 0 Å². The highest BCUT2D eigenvalue weighted by Gasteiger charge is 1.90. The van der Waals surface area contributed by atoms with Gasteiger partial charge in [0.25, 0.3) is 0 Å². The quantitative estimate of drug-likeness (QED) is 0.452. The van der Waals surface area contributed by atoms with Gasteiger partial charge in [-0.25, -0.2) is 0 Å². The Hall–Kier alpha value is -0.590. The maximum atomic E-state index is 5.39. The van der Waals surface area contributed by atoms with Gasteiger partial charge in [0.15, 0.2) is 5.71 Å². The van der Waals surface area contributed by atoms with Gasteiger partial charge in [-0.3, -0.25) is 5.41 Å². The minimum atomic E-state index is 0.905. The van der Waals surface area contributed by atoms with Crippen LogP contribution in [0, 0.1) is 0 Å². The fraction of sp³-hybridized carbons (Fsp3) is 0.500. The molecule has 1 heteroatoms. The molecule has 0 amide bonds. The van der Waals surface area contributed by atoms with Crippen molar-refractivity contribution in [1.82, 2.24) is 0 Å². The molecule has 0 radical (unpaired) electrons. The molecule has 0 aliphatic carbocycles. The van der Waals surface area contributed by atoms with Gasteiger partial charge in [0.05, 0.1) is 0 Å². The smallest absolute Gasteiger partial charge is 0.172 e. The molecule has 0 aromatic rings. The van der Waals surface area contributed by atoms with Crippen molar-refractivity contribution < 1.29 is 5.41 Å². The monoisotopic (exact) mass is 98.1 g/mol. The Morgan fingerprint density at radius 1 is 1.43 bits per heavy atom. The molecule has 0 saturated carbocycles. The lowest BCUT2D eigenvalue weighted by Crippen LogP contribution is -2.38. The van der Waals surface area contributed by atoms with Crippen LogP contribution in [0.2, 0.25) is 0 Å². The van der Waals surface area contributed by atoms with Gasteiger partial charge >= 0.3 is 0 Å². The topological polar surface area (TPSA) is 25.6 Å². The summed E-state index contributed by atoms with van der Waals surface area (Å²) in [6.45, 7) is 5.87. The molecule has 0 aromatic heterocycles. The van der Waals surface area contributed by atoms with Crippen molar-refractivity contribution in [1.29, 1.82) is 0 Å². The third-order valence-electron chi connectivity index (χ3n) is 1.06. The average Bonchev–Trinajstić information content (AvgIpc) is 1.65. The first-order valence-electron chi connectivity index (χ1n) is 2.40. The molecule has 0 unspecified atom stereocenters. The molecule has 0 rings (SSSR count). The number of hydrogen-bond donors (Lipinski definition) is 1. The van der Waals surface area contributed by atoms with Gasteiger partial charge in [0, 0.05) is 12.5 Å². The van der Waals surface area contributed by atoms with Gasteiger partial charge in [-0.15, -0.1) is 0 Å². The van der Waals surface area contributed by atoms with Crippen molar-refractivity contribution in [3.63, 3.8) is 0 Å². The van der Waals surface area contributed by atoms with Gasteiger partial charge in [0.1, 0.15) is 0 Å². The number of rotatable bonds is 1. The van der Waals surface area contributed by atoms with E-state index in [1.807, 2.05) is 26.8 Å². The molecule has 0 aromatic carbocycles. The molecule has 0 atom stereocenters. The summed E-state index contributed by atoms with van der Waals surface area (Å²) in [5.74, 6) is 0. The van der Waals surface area contributed by atoms with Crippen molar-refractivity contribution in [2.45, 2.75) is 20.8 Å². The summed E-state index contributed by atoms with van der Waals surface area (Å²) in [6.07, 6.45) is 2.00. The highest BCUT2D eigenvalue weighted by atomic mass is 14.4. The average molecular weight is 98.2 g/mol. The number of allylic oxidation sites excluding steroid dienone is 2. The maximum absolute atomic E-state index is 5.39. The summed E-state index contributed by atoms with van der Waals surface area (Å²) >= 11 is 0. The Balaban J connectivity index is 3.82. The standard InChI is InChI=1S/C6H11N/c1-4-5(2)6(3)7/h4,7H,1-3H3/p+1/b5-4+,7-6?. The first kappa shape index (κ1) is 6.41. The van der Waals surface area contributed by atoms with Crippen molar-refractivity contribution >= 4 is 5.71 Å². The van der Waals surface area contributed by atoms with E-state index in [-0.39, 0.29) is 0 Å². The maximum Gasteiger partial charge on any atom is 0.172 e. The molecule has 2 N–H and O–H groups in total. The molecule has 0 aliphatic rings. The van der Waals surface area contributed by atoms with Gasteiger partial charge < -0.3 is 0 Å². The molecule has 0 saturated heterocycles. The second-order valence-corrected chi connectivity index (χ2v) is 1.65. The van der Waals surface area contributed by atoms with Crippen molar-refractivity contribution in [2.75, 3.05) is 0 Å². The molecule has 0 bridgehead atoms. The molecule has 1 nitrogen and oxygen atoms in total. The molecule has 0 heterocycles. The van der Waals surface area contributed by atoms with Crippen LogP contribution in [0.1, 0.15) is 20.8 Å². The molecular weight excluding hydrogens is 86.1 g/mol. The summed E-state index contributed by atoms with van der Waals surface area (Å²) in [7, 11) is 0. The van der Waals surface area contributed by atoms with Crippen LogP contribution < -0.4 is 5.41 Å². The van der Waals surface area contributed by atoms with E-state index < -0.39 is 0 Å². The number of nitrogens with two attached hydrogens (primary N) is 1. The van der Waals surface area contributed by atoms with E-state index in [1.54, 1.807) is 0 Å². The summed E-state index contributed by atoms with van der Waals surface area (Å²) in [6, 6.07) is 0. The van der Waals surface area contributed by atoms with Crippen LogP contribution in [0.15, 0.2) is 11.6 Å². The third kappa shape index (κ3) is 2.15. The van der Waals surface area contributed by atoms with Gasteiger partial charge in [-0.2, -0.15) is 0 Å². The zero-order valence-electron chi connectivity index (χ0n) is 5.15. The van der Waals surface area contributed by atoms with Crippen LogP contribution in [-0.2, 0) is 0 Å². The highest BCUT2D eigenvalue weighted by Crippen LogP contribution is 1.87. The second kappa shape index (κ2) is 2.56. The zero-order chi connectivity index (χ0) is 5.86. The minimum absolute atomic E-state index is 0.905. The fourth-order valence-electron chi connectivity index (χ4n) is 0.228. The van der Waals surface area contributed by atoms with Crippen LogP contribution >= 0.6 is 0 Å². The van der Waals surface area contributed by atoms with Gasteiger partial charge in [-0.1, -0.05) is 6.08 Å². The Morgan fingerprint density at radius 2 is 1.86 bits per heavy atom. The Bertz CT molecular complexity index is 101. The largest absolute Gasteiger partial charge is 0.258 e. The minimum Gasteiger partial charge on any atom is -0.258 e. The van der Waals surface area contributed by atoms with E-state index in [0.29, 0.717) is 0 Å². The van der Waals surface area contributed by atoms with Crippen molar-refractivity contribution in [3.8, 4) is 0 Å². The van der Waals surface area contributed by atoms with Crippen LogP contribution in [0.4, 0.5) is 0 Å². The Labute approximate surface area is 44.6 Å². The predicted molar refractivity (Wildman–Crippen MR) is 32.0 cm³/mol. The van der Waals surface area contributed by atoms with E-state index in [0.717, 1.165) is 5.71 Å². The summed E-state index contributed by atoms with van der Waals surface area (Å²) in [5.41, 5.74) is 2.07. The van der Waals surface area contributed by atoms with Crippen molar-refractivity contribution in [2.24, 2.45) is 0 Å². The van der Waals surface area contributed by atoms with Gasteiger partial charge in [0.2, 0.25) is 0 Å². The van der Waals surface area contributed by atoms with Gasteiger partial charge in [-0.05, 0) is 13.8 Å². The zero-order valence-corrected chi connectivity index (χ0v) is 5.15. The third-order valence-corrected chi connectivity index (χ3v) is 1.06. The first-order chi connectivity index (χ1) is 3.18. The molecule has 0 aliphatic heterocycles. The molecule has 0 fully saturated rings. The van der Waals surface area contributed by atoms with Crippen LogP contribution in [0.3, 0.4) is 0 Å². The second-order valence-electron chi connectivity index (χ2n) is 1.65. The van der Waals surface area contributed by atoms with E-state index in [1.165, 1.54) is 5.57 Å². The molecule has 40 valence electrons.